The summed E-state index contributed by atoms with van der Waals surface area (Å²) in [5.41, 5.74) is 3.18. The lowest BCUT2D eigenvalue weighted by molar-refractivity contribution is -0.654. The van der Waals surface area contributed by atoms with E-state index in [9.17, 15) is 0 Å². The molecule has 0 radical (unpaired) electrons. The van der Waals surface area contributed by atoms with Crippen molar-refractivity contribution >= 4 is 27.8 Å². The highest BCUT2D eigenvalue weighted by molar-refractivity contribution is 7.14. The van der Waals surface area contributed by atoms with Crippen LogP contribution < -0.4 is 9.88 Å². The Bertz CT molecular complexity index is 792. The summed E-state index contributed by atoms with van der Waals surface area (Å²) in [4.78, 5) is 1.22. The van der Waals surface area contributed by atoms with Crippen LogP contribution in [0, 0.1) is 6.92 Å². The molecule has 0 amide bonds. The fraction of sp³-hybridized carbons (Fsp3) is 0.167. The molecule has 0 saturated heterocycles. The second kappa shape index (κ2) is 7.15. The number of hydrogen-bond donors (Lipinski definition) is 1. The molecular formula is C18H19N4S+. The second-order valence-electron chi connectivity index (χ2n) is 5.32. The van der Waals surface area contributed by atoms with E-state index in [4.69, 9.17) is 0 Å². The lowest BCUT2D eigenvalue weighted by atomic mass is 10.2. The molecule has 0 aliphatic carbocycles. The third-order valence-corrected chi connectivity index (χ3v) is 4.37. The molecule has 0 spiro atoms. The molecule has 0 aliphatic rings. The van der Waals surface area contributed by atoms with E-state index in [0.29, 0.717) is 0 Å². The molecule has 116 valence electrons. The molecule has 0 bridgehead atoms. The van der Waals surface area contributed by atoms with Crippen molar-refractivity contribution in [2.24, 2.45) is 17.3 Å². The highest BCUT2D eigenvalue weighted by Crippen LogP contribution is 2.22. The van der Waals surface area contributed by atoms with Crippen molar-refractivity contribution in [3.05, 3.63) is 71.2 Å². The highest BCUT2D eigenvalue weighted by Gasteiger charge is 2.10. The minimum absolute atomic E-state index is 0.812. The van der Waals surface area contributed by atoms with E-state index in [2.05, 4.69) is 40.8 Å². The van der Waals surface area contributed by atoms with Gasteiger partial charge < -0.3 is 5.32 Å². The lowest BCUT2D eigenvalue weighted by Gasteiger charge is -2.05. The third kappa shape index (κ3) is 4.23. The van der Waals surface area contributed by atoms with Gasteiger partial charge in [0, 0.05) is 17.1 Å². The Kier molecular flexibility index (Phi) is 4.78. The van der Waals surface area contributed by atoms with Gasteiger partial charge in [-0.3, -0.25) is 0 Å². The van der Waals surface area contributed by atoms with E-state index in [1.54, 1.807) is 11.3 Å². The van der Waals surface area contributed by atoms with E-state index in [1.165, 1.54) is 10.4 Å². The largest absolute Gasteiger partial charge is 0.408 e. The van der Waals surface area contributed by atoms with Crippen molar-refractivity contribution in [3.8, 4) is 0 Å². The van der Waals surface area contributed by atoms with Gasteiger partial charge in [0.1, 0.15) is 11.9 Å². The molecule has 23 heavy (non-hydrogen) atoms. The Morgan fingerprint density at radius 2 is 1.74 bits per heavy atom. The van der Waals surface area contributed by atoms with Gasteiger partial charge in [-0.1, -0.05) is 30.3 Å². The van der Waals surface area contributed by atoms with Crippen LogP contribution in [0.4, 0.5) is 16.5 Å². The average Bonchev–Trinajstić information content (AvgIpc) is 2.90. The van der Waals surface area contributed by atoms with Gasteiger partial charge in [0.05, 0.1) is 12.2 Å². The van der Waals surface area contributed by atoms with Crippen molar-refractivity contribution in [1.29, 1.82) is 0 Å². The van der Waals surface area contributed by atoms with Crippen LogP contribution in [0.1, 0.15) is 10.4 Å². The van der Waals surface area contributed by atoms with Gasteiger partial charge in [0.25, 0.3) is 0 Å². The van der Waals surface area contributed by atoms with Gasteiger partial charge in [-0.05, 0) is 53.2 Å². The molecule has 0 fully saturated rings. The molecule has 1 aromatic heterocycles. The number of hydrogen-bond acceptors (Lipinski definition) is 4. The molecule has 0 aliphatic heterocycles. The van der Waals surface area contributed by atoms with Gasteiger partial charge in [-0.25, -0.2) is 4.57 Å². The Hall–Kier alpha value is -2.53. The van der Waals surface area contributed by atoms with Crippen LogP contribution in [-0.4, -0.2) is 0 Å². The number of benzene rings is 2. The van der Waals surface area contributed by atoms with Gasteiger partial charge in [-0.2, -0.15) is 0 Å². The summed E-state index contributed by atoms with van der Waals surface area (Å²) < 4.78 is 1.99. The second-order valence-corrected chi connectivity index (χ2v) is 6.53. The van der Waals surface area contributed by atoms with Crippen LogP contribution in [0.2, 0.25) is 0 Å². The third-order valence-electron chi connectivity index (χ3n) is 3.39. The highest BCUT2D eigenvalue weighted by atomic mass is 32.1. The molecule has 0 saturated carbocycles. The maximum atomic E-state index is 4.31. The van der Waals surface area contributed by atoms with E-state index in [1.807, 2.05) is 54.1 Å². The predicted octanol–water partition coefficient (Wildman–Crippen LogP) is 4.91. The van der Waals surface area contributed by atoms with Gasteiger partial charge in [0.15, 0.2) is 0 Å². The van der Waals surface area contributed by atoms with Crippen LogP contribution in [0.5, 0.6) is 0 Å². The first-order chi connectivity index (χ1) is 11.2. The Balaban J connectivity index is 1.62. The van der Waals surface area contributed by atoms with Crippen LogP contribution >= 0.6 is 11.3 Å². The van der Waals surface area contributed by atoms with Gasteiger partial charge >= 0.3 is 5.13 Å². The molecule has 0 atom stereocenters. The molecule has 5 heteroatoms. The van der Waals surface area contributed by atoms with Crippen molar-refractivity contribution < 1.29 is 4.57 Å². The molecule has 3 aromatic rings. The summed E-state index contributed by atoms with van der Waals surface area (Å²) in [5, 5.41) is 12.9. The fourth-order valence-electron chi connectivity index (χ4n) is 2.21. The normalized spacial score (nSPS) is 11.0. The first kappa shape index (κ1) is 15.4. The molecule has 4 nitrogen and oxygen atoms in total. The minimum atomic E-state index is 0.812. The minimum Gasteiger partial charge on any atom is -0.381 e. The van der Waals surface area contributed by atoms with E-state index >= 15 is 0 Å². The number of thiazole rings is 1. The van der Waals surface area contributed by atoms with Crippen molar-refractivity contribution in [2.45, 2.75) is 13.5 Å². The fourth-order valence-corrected chi connectivity index (χ4v) is 2.98. The van der Waals surface area contributed by atoms with Crippen molar-refractivity contribution in [3.63, 3.8) is 0 Å². The molecular weight excluding hydrogens is 304 g/mol. The molecule has 0 unspecified atom stereocenters. The predicted molar refractivity (Wildman–Crippen MR) is 94.6 cm³/mol. The zero-order chi connectivity index (χ0) is 16.1. The number of aryl methyl sites for hydroxylation is 2. The lowest BCUT2D eigenvalue weighted by Crippen LogP contribution is -2.23. The molecule has 3 rings (SSSR count). The smallest absolute Gasteiger partial charge is 0.381 e. The summed E-state index contributed by atoms with van der Waals surface area (Å²) in [6.07, 6.45) is 2.05. The first-order valence-corrected chi connectivity index (χ1v) is 8.28. The van der Waals surface area contributed by atoms with Crippen LogP contribution in [0.25, 0.3) is 0 Å². The quantitative estimate of drug-likeness (QED) is 0.526. The molecule has 1 N–H and O–H groups in total. The van der Waals surface area contributed by atoms with Crippen LogP contribution in [-0.2, 0) is 13.6 Å². The summed E-state index contributed by atoms with van der Waals surface area (Å²) in [5.74, 6) is 0. The van der Waals surface area contributed by atoms with Crippen LogP contribution in [0.3, 0.4) is 0 Å². The van der Waals surface area contributed by atoms with E-state index in [0.717, 1.165) is 23.1 Å². The molecule has 1 heterocycles. The zero-order valence-corrected chi connectivity index (χ0v) is 14.0. The number of rotatable bonds is 5. The number of azo groups is 1. The summed E-state index contributed by atoms with van der Waals surface area (Å²) in [6, 6.07) is 18.3. The van der Waals surface area contributed by atoms with Crippen LogP contribution in [0.15, 0.2) is 71.0 Å². The number of nitrogens with zero attached hydrogens (tertiary/aromatic N) is 3. The Morgan fingerprint density at radius 3 is 2.39 bits per heavy atom. The van der Waals surface area contributed by atoms with E-state index in [-0.39, 0.29) is 0 Å². The summed E-state index contributed by atoms with van der Waals surface area (Å²) in [6.45, 7) is 2.88. The van der Waals surface area contributed by atoms with Crippen molar-refractivity contribution in [1.82, 2.24) is 0 Å². The summed E-state index contributed by atoms with van der Waals surface area (Å²) >= 11 is 1.63. The summed E-state index contributed by atoms with van der Waals surface area (Å²) in [7, 11) is 1.98. The number of anilines is 1. The zero-order valence-electron chi connectivity index (χ0n) is 13.2. The van der Waals surface area contributed by atoms with E-state index < -0.39 is 0 Å². The number of nitrogens with one attached hydrogen (secondary N) is 1. The monoisotopic (exact) mass is 323 g/mol. The van der Waals surface area contributed by atoms with Gasteiger partial charge in [-0.15, -0.1) is 0 Å². The van der Waals surface area contributed by atoms with Crippen molar-refractivity contribution in [2.75, 3.05) is 5.32 Å². The van der Waals surface area contributed by atoms with Gasteiger partial charge in [0.2, 0.25) is 0 Å². The Labute approximate surface area is 140 Å². The topological polar surface area (TPSA) is 40.6 Å². The SMILES string of the molecule is Cc1c[n+](C)c(N=Nc2ccc(NCc3ccccc3)cc2)s1. The first-order valence-electron chi connectivity index (χ1n) is 7.46. The average molecular weight is 323 g/mol. The standard InChI is InChI=1S/C18H18N4S/c1-14-13-22(2)18(23-14)21-20-17-10-8-16(9-11-17)19-12-15-6-4-3-5-7-15/h3-11,13H,12H2,1-2H3/p+1. The number of aromatic nitrogens is 1. The maximum Gasteiger partial charge on any atom is 0.408 e. The molecule has 2 aromatic carbocycles. The Morgan fingerprint density at radius 1 is 1.00 bits per heavy atom. The maximum absolute atomic E-state index is 4.31.